The van der Waals surface area contributed by atoms with Crippen LogP contribution in [0.15, 0.2) is 18.2 Å². The largest absolute Gasteiger partial charge is 0.397 e. The summed E-state index contributed by atoms with van der Waals surface area (Å²) in [4.78, 5) is 13.3. The maximum absolute atomic E-state index is 11.1. The van der Waals surface area contributed by atoms with Crippen LogP contribution in [0.4, 0.5) is 11.4 Å². The molecule has 1 amide bonds. The molecule has 1 aromatic rings. The van der Waals surface area contributed by atoms with Gasteiger partial charge in [0, 0.05) is 25.8 Å². The molecule has 1 aromatic carbocycles. The molecule has 17 heavy (non-hydrogen) atoms. The SMILES string of the molecule is COC1CCN(c2cc(C(N)=O)ccc2N)C1. The first-order chi connectivity index (χ1) is 8.11. The predicted molar refractivity (Wildman–Crippen MR) is 67.0 cm³/mol. The first kappa shape index (κ1) is 11.7. The van der Waals surface area contributed by atoms with E-state index >= 15 is 0 Å². The lowest BCUT2D eigenvalue weighted by Gasteiger charge is -2.20. The quantitative estimate of drug-likeness (QED) is 0.751. The Morgan fingerprint density at radius 3 is 2.88 bits per heavy atom. The van der Waals surface area contributed by atoms with Gasteiger partial charge in [0.25, 0.3) is 0 Å². The summed E-state index contributed by atoms with van der Waals surface area (Å²) in [5.74, 6) is -0.436. The zero-order chi connectivity index (χ0) is 12.4. The third kappa shape index (κ3) is 2.34. The molecule has 92 valence electrons. The van der Waals surface area contributed by atoms with E-state index in [9.17, 15) is 4.79 Å². The van der Waals surface area contributed by atoms with Crippen molar-refractivity contribution in [2.24, 2.45) is 5.73 Å². The first-order valence-electron chi connectivity index (χ1n) is 5.59. The van der Waals surface area contributed by atoms with E-state index in [1.54, 1.807) is 25.3 Å². The molecule has 0 saturated carbocycles. The second kappa shape index (κ2) is 4.63. The summed E-state index contributed by atoms with van der Waals surface area (Å²) in [6.07, 6.45) is 1.20. The van der Waals surface area contributed by atoms with Crippen molar-refractivity contribution < 1.29 is 9.53 Å². The Balaban J connectivity index is 2.25. The smallest absolute Gasteiger partial charge is 0.248 e. The van der Waals surface area contributed by atoms with E-state index < -0.39 is 5.91 Å². The van der Waals surface area contributed by atoms with Gasteiger partial charge in [-0.3, -0.25) is 4.79 Å². The molecule has 5 heteroatoms. The Morgan fingerprint density at radius 2 is 2.29 bits per heavy atom. The van der Waals surface area contributed by atoms with E-state index in [0.29, 0.717) is 11.3 Å². The monoisotopic (exact) mass is 235 g/mol. The fraction of sp³-hybridized carbons (Fsp3) is 0.417. The van der Waals surface area contributed by atoms with Crippen molar-refractivity contribution in [2.45, 2.75) is 12.5 Å². The lowest BCUT2D eigenvalue weighted by atomic mass is 10.1. The minimum Gasteiger partial charge on any atom is -0.397 e. The lowest BCUT2D eigenvalue weighted by molar-refractivity contribution is 0.100. The van der Waals surface area contributed by atoms with E-state index in [2.05, 4.69) is 4.90 Å². The summed E-state index contributed by atoms with van der Waals surface area (Å²) in [6.45, 7) is 1.67. The molecule has 1 atom stereocenters. The van der Waals surface area contributed by atoms with Crippen LogP contribution in [0.3, 0.4) is 0 Å². The van der Waals surface area contributed by atoms with E-state index in [1.165, 1.54) is 0 Å². The van der Waals surface area contributed by atoms with E-state index in [-0.39, 0.29) is 6.10 Å². The average Bonchev–Trinajstić information content (AvgIpc) is 2.77. The van der Waals surface area contributed by atoms with Crippen LogP contribution >= 0.6 is 0 Å². The van der Waals surface area contributed by atoms with Crippen molar-refractivity contribution >= 4 is 17.3 Å². The third-order valence-electron chi connectivity index (χ3n) is 3.13. The summed E-state index contributed by atoms with van der Waals surface area (Å²) in [5.41, 5.74) is 13.2. The Kier molecular flexibility index (Phi) is 3.19. The highest BCUT2D eigenvalue weighted by atomic mass is 16.5. The van der Waals surface area contributed by atoms with Gasteiger partial charge in [-0.1, -0.05) is 0 Å². The van der Waals surface area contributed by atoms with Crippen LogP contribution in [0.5, 0.6) is 0 Å². The zero-order valence-electron chi connectivity index (χ0n) is 9.85. The average molecular weight is 235 g/mol. The number of carbonyl (C=O) groups excluding carboxylic acids is 1. The van der Waals surface area contributed by atoms with Crippen molar-refractivity contribution in [2.75, 3.05) is 30.8 Å². The summed E-state index contributed by atoms with van der Waals surface area (Å²) >= 11 is 0. The Labute approximate surface area is 100 Å². The Bertz CT molecular complexity index is 434. The number of hydrogen-bond acceptors (Lipinski definition) is 4. The van der Waals surface area contributed by atoms with Crippen LogP contribution in [0.2, 0.25) is 0 Å². The van der Waals surface area contributed by atoms with Gasteiger partial charge in [0.2, 0.25) is 5.91 Å². The zero-order valence-corrected chi connectivity index (χ0v) is 9.85. The number of nitrogens with two attached hydrogens (primary N) is 2. The van der Waals surface area contributed by atoms with Gasteiger partial charge >= 0.3 is 0 Å². The highest BCUT2D eigenvalue weighted by Gasteiger charge is 2.23. The number of anilines is 2. The van der Waals surface area contributed by atoms with E-state index in [0.717, 1.165) is 25.2 Å². The van der Waals surface area contributed by atoms with Crippen LogP contribution in [-0.2, 0) is 4.74 Å². The molecule has 1 heterocycles. The van der Waals surface area contributed by atoms with Crippen molar-refractivity contribution in [3.8, 4) is 0 Å². The normalized spacial score (nSPS) is 19.6. The molecule has 1 aliphatic heterocycles. The van der Waals surface area contributed by atoms with Gasteiger partial charge in [-0.25, -0.2) is 0 Å². The second-order valence-electron chi connectivity index (χ2n) is 4.23. The number of amides is 1. The number of benzene rings is 1. The molecule has 1 unspecified atom stereocenters. The van der Waals surface area contributed by atoms with Crippen molar-refractivity contribution in [3.05, 3.63) is 23.8 Å². The van der Waals surface area contributed by atoms with Gasteiger partial charge in [0.15, 0.2) is 0 Å². The van der Waals surface area contributed by atoms with Gasteiger partial charge in [-0.2, -0.15) is 0 Å². The van der Waals surface area contributed by atoms with Crippen LogP contribution < -0.4 is 16.4 Å². The molecule has 0 aliphatic carbocycles. The fourth-order valence-electron chi connectivity index (χ4n) is 2.11. The number of hydrogen-bond donors (Lipinski definition) is 2. The number of rotatable bonds is 3. The van der Waals surface area contributed by atoms with Gasteiger partial charge < -0.3 is 21.1 Å². The number of primary amides is 1. The third-order valence-corrected chi connectivity index (χ3v) is 3.13. The maximum Gasteiger partial charge on any atom is 0.248 e. The number of carbonyl (C=O) groups is 1. The van der Waals surface area contributed by atoms with Gasteiger partial charge in [0.05, 0.1) is 17.5 Å². The molecule has 2 rings (SSSR count). The van der Waals surface area contributed by atoms with Gasteiger partial charge in [0.1, 0.15) is 0 Å². The van der Waals surface area contributed by atoms with Crippen LogP contribution in [-0.4, -0.2) is 32.2 Å². The highest BCUT2D eigenvalue weighted by Crippen LogP contribution is 2.28. The van der Waals surface area contributed by atoms with Crippen LogP contribution in [0.25, 0.3) is 0 Å². The van der Waals surface area contributed by atoms with Crippen LogP contribution in [0.1, 0.15) is 16.8 Å². The summed E-state index contributed by atoms with van der Waals surface area (Å²) in [6, 6.07) is 5.11. The Morgan fingerprint density at radius 1 is 1.53 bits per heavy atom. The second-order valence-corrected chi connectivity index (χ2v) is 4.23. The standard InChI is InChI=1S/C12H17N3O2/c1-17-9-4-5-15(7-9)11-6-8(12(14)16)2-3-10(11)13/h2-3,6,9H,4-5,7,13H2,1H3,(H2,14,16). The first-order valence-corrected chi connectivity index (χ1v) is 5.59. The summed E-state index contributed by atoms with van der Waals surface area (Å²) < 4.78 is 5.31. The molecule has 0 bridgehead atoms. The van der Waals surface area contributed by atoms with E-state index in [1.807, 2.05) is 0 Å². The maximum atomic E-state index is 11.1. The lowest BCUT2D eigenvalue weighted by Crippen LogP contribution is -2.23. The number of ether oxygens (including phenoxy) is 1. The minimum absolute atomic E-state index is 0.228. The molecule has 0 spiro atoms. The van der Waals surface area contributed by atoms with Crippen LogP contribution in [0, 0.1) is 0 Å². The summed E-state index contributed by atoms with van der Waals surface area (Å²) in [5, 5.41) is 0. The van der Waals surface area contributed by atoms with Crippen molar-refractivity contribution in [1.29, 1.82) is 0 Å². The number of nitrogen functional groups attached to an aromatic ring is 1. The van der Waals surface area contributed by atoms with Crippen molar-refractivity contribution in [3.63, 3.8) is 0 Å². The molecule has 0 aromatic heterocycles. The molecule has 1 saturated heterocycles. The molecule has 1 fully saturated rings. The topological polar surface area (TPSA) is 81.6 Å². The predicted octanol–water partition coefficient (Wildman–Crippen LogP) is 0.593. The number of nitrogens with zero attached hydrogens (tertiary/aromatic N) is 1. The fourth-order valence-corrected chi connectivity index (χ4v) is 2.11. The van der Waals surface area contributed by atoms with Gasteiger partial charge in [-0.15, -0.1) is 0 Å². The molecule has 4 N–H and O–H groups in total. The molecule has 1 aliphatic rings. The molecular weight excluding hydrogens is 218 g/mol. The minimum atomic E-state index is -0.436. The Hall–Kier alpha value is -1.75. The summed E-state index contributed by atoms with van der Waals surface area (Å²) in [7, 11) is 1.71. The van der Waals surface area contributed by atoms with Gasteiger partial charge in [-0.05, 0) is 24.6 Å². The molecule has 5 nitrogen and oxygen atoms in total. The highest BCUT2D eigenvalue weighted by molar-refractivity contribution is 5.95. The molecule has 0 radical (unpaired) electrons. The number of methoxy groups -OCH3 is 1. The van der Waals surface area contributed by atoms with Crippen molar-refractivity contribution in [1.82, 2.24) is 0 Å². The molecular formula is C12H17N3O2. The van der Waals surface area contributed by atoms with E-state index in [4.69, 9.17) is 16.2 Å².